The van der Waals surface area contributed by atoms with Crippen molar-refractivity contribution >= 4 is 33.3 Å². The van der Waals surface area contributed by atoms with Crippen molar-refractivity contribution in [2.45, 2.75) is 13.0 Å². The van der Waals surface area contributed by atoms with Crippen molar-refractivity contribution in [3.63, 3.8) is 0 Å². The second-order valence-electron chi connectivity index (χ2n) is 6.90. The maximum Gasteiger partial charge on any atom is 0.341 e. The number of carbonyl (C=O) groups excluding carboxylic acids is 2. The fourth-order valence-corrected chi connectivity index (χ4v) is 3.28. The van der Waals surface area contributed by atoms with Crippen LogP contribution in [-0.2, 0) is 19.6 Å². The van der Waals surface area contributed by atoms with Crippen LogP contribution in [0.2, 0.25) is 0 Å². The highest BCUT2D eigenvalue weighted by molar-refractivity contribution is 7.92. The standard InChI is InChI=1S/C23H22N2O6S/c1-16(30-23(27)20-10-6-7-11-21(20)25-32(2,28)29)22(26)24-17-12-14-19(15-13-17)31-18-8-4-3-5-9-18/h3-16,25H,1-2H3,(H,24,26). The molecule has 9 heteroatoms. The predicted octanol–water partition coefficient (Wildman–Crippen LogP) is 4.03. The van der Waals surface area contributed by atoms with Gasteiger partial charge < -0.3 is 14.8 Å². The van der Waals surface area contributed by atoms with E-state index in [4.69, 9.17) is 9.47 Å². The van der Waals surface area contributed by atoms with Gasteiger partial charge in [-0.25, -0.2) is 13.2 Å². The number of amides is 1. The molecule has 3 aromatic carbocycles. The molecule has 0 saturated heterocycles. The molecule has 32 heavy (non-hydrogen) atoms. The summed E-state index contributed by atoms with van der Waals surface area (Å²) in [5.41, 5.74) is 0.569. The Hall–Kier alpha value is -3.85. The number of hydrogen-bond acceptors (Lipinski definition) is 6. The lowest BCUT2D eigenvalue weighted by molar-refractivity contribution is -0.123. The third-order valence-corrected chi connectivity index (χ3v) is 4.79. The minimum absolute atomic E-state index is 0.0000105. The topological polar surface area (TPSA) is 111 Å². The van der Waals surface area contributed by atoms with E-state index in [1.807, 2.05) is 30.3 Å². The molecule has 1 amide bonds. The Kier molecular flexibility index (Phi) is 7.11. The van der Waals surface area contributed by atoms with Crippen molar-refractivity contribution in [2.24, 2.45) is 0 Å². The summed E-state index contributed by atoms with van der Waals surface area (Å²) in [7, 11) is -3.59. The SMILES string of the molecule is CC(OC(=O)c1ccccc1NS(C)(=O)=O)C(=O)Nc1ccc(Oc2ccccc2)cc1. The molecule has 3 rings (SSSR count). The van der Waals surface area contributed by atoms with Crippen LogP contribution in [0.15, 0.2) is 78.9 Å². The molecule has 0 bridgehead atoms. The number of para-hydroxylation sites is 2. The molecule has 0 radical (unpaired) electrons. The molecular weight excluding hydrogens is 432 g/mol. The van der Waals surface area contributed by atoms with E-state index in [0.29, 0.717) is 17.2 Å². The van der Waals surface area contributed by atoms with Crippen LogP contribution in [0.5, 0.6) is 11.5 Å². The summed E-state index contributed by atoms with van der Waals surface area (Å²) in [4.78, 5) is 24.9. The predicted molar refractivity (Wildman–Crippen MR) is 121 cm³/mol. The lowest BCUT2D eigenvalue weighted by Crippen LogP contribution is -2.30. The maximum atomic E-state index is 12.5. The highest BCUT2D eigenvalue weighted by atomic mass is 32.2. The molecule has 2 N–H and O–H groups in total. The van der Waals surface area contributed by atoms with Gasteiger partial charge in [-0.05, 0) is 55.5 Å². The first-order valence-electron chi connectivity index (χ1n) is 9.63. The number of carbonyl (C=O) groups is 2. The Morgan fingerprint density at radius 1 is 0.844 bits per heavy atom. The second-order valence-corrected chi connectivity index (χ2v) is 8.64. The Morgan fingerprint density at radius 2 is 1.44 bits per heavy atom. The number of ether oxygens (including phenoxy) is 2. The summed E-state index contributed by atoms with van der Waals surface area (Å²) in [6.45, 7) is 1.42. The van der Waals surface area contributed by atoms with E-state index in [2.05, 4.69) is 10.0 Å². The first-order valence-corrected chi connectivity index (χ1v) is 11.5. The molecule has 0 aliphatic heterocycles. The molecule has 0 aliphatic rings. The fourth-order valence-electron chi connectivity index (χ4n) is 2.70. The number of benzene rings is 3. The normalized spacial score (nSPS) is 11.8. The zero-order chi connectivity index (χ0) is 23.1. The quantitative estimate of drug-likeness (QED) is 0.497. The third-order valence-electron chi connectivity index (χ3n) is 4.20. The third kappa shape index (κ3) is 6.58. The van der Waals surface area contributed by atoms with Gasteiger partial charge in [-0.2, -0.15) is 0 Å². The molecule has 3 aromatic rings. The molecule has 0 aliphatic carbocycles. The fraction of sp³-hybridized carbons (Fsp3) is 0.130. The van der Waals surface area contributed by atoms with Crippen LogP contribution in [-0.4, -0.2) is 32.7 Å². The van der Waals surface area contributed by atoms with Crippen molar-refractivity contribution in [3.05, 3.63) is 84.4 Å². The van der Waals surface area contributed by atoms with E-state index in [1.54, 1.807) is 36.4 Å². The Morgan fingerprint density at radius 3 is 2.09 bits per heavy atom. The average molecular weight is 455 g/mol. The smallest absolute Gasteiger partial charge is 0.341 e. The number of esters is 1. The molecule has 8 nitrogen and oxygen atoms in total. The minimum atomic E-state index is -3.59. The summed E-state index contributed by atoms with van der Waals surface area (Å²) in [6, 6.07) is 22.0. The zero-order valence-corrected chi connectivity index (χ0v) is 18.3. The van der Waals surface area contributed by atoms with Gasteiger partial charge in [0.05, 0.1) is 17.5 Å². The van der Waals surface area contributed by atoms with Crippen LogP contribution < -0.4 is 14.8 Å². The van der Waals surface area contributed by atoms with Crippen molar-refractivity contribution in [2.75, 3.05) is 16.3 Å². The van der Waals surface area contributed by atoms with Gasteiger partial charge in [0.1, 0.15) is 11.5 Å². The van der Waals surface area contributed by atoms with Crippen LogP contribution in [0, 0.1) is 0 Å². The van der Waals surface area contributed by atoms with Crippen molar-refractivity contribution in [1.82, 2.24) is 0 Å². The van der Waals surface area contributed by atoms with Crippen molar-refractivity contribution < 1.29 is 27.5 Å². The molecule has 0 saturated carbocycles. The maximum absolute atomic E-state index is 12.5. The lowest BCUT2D eigenvalue weighted by Gasteiger charge is -2.15. The molecule has 0 heterocycles. The highest BCUT2D eigenvalue weighted by Gasteiger charge is 2.21. The van der Waals surface area contributed by atoms with Gasteiger partial charge in [-0.15, -0.1) is 0 Å². The highest BCUT2D eigenvalue weighted by Crippen LogP contribution is 2.23. The number of nitrogens with one attached hydrogen (secondary N) is 2. The van der Waals surface area contributed by atoms with E-state index >= 15 is 0 Å². The largest absolute Gasteiger partial charge is 0.457 e. The van der Waals surface area contributed by atoms with Crippen LogP contribution in [0.1, 0.15) is 17.3 Å². The van der Waals surface area contributed by atoms with Gasteiger partial charge in [0.25, 0.3) is 5.91 Å². The monoisotopic (exact) mass is 454 g/mol. The lowest BCUT2D eigenvalue weighted by atomic mass is 10.2. The molecule has 0 fully saturated rings. The molecule has 0 spiro atoms. The van der Waals surface area contributed by atoms with Gasteiger partial charge in [0.2, 0.25) is 10.0 Å². The molecule has 0 aromatic heterocycles. The van der Waals surface area contributed by atoms with Crippen LogP contribution in [0.3, 0.4) is 0 Å². The average Bonchev–Trinajstić information content (AvgIpc) is 2.75. The van der Waals surface area contributed by atoms with E-state index in [1.165, 1.54) is 19.1 Å². The molecular formula is C23H22N2O6S. The van der Waals surface area contributed by atoms with Crippen LogP contribution >= 0.6 is 0 Å². The zero-order valence-electron chi connectivity index (χ0n) is 17.4. The summed E-state index contributed by atoms with van der Waals surface area (Å²) in [5.74, 6) is -0.0752. The first kappa shape index (κ1) is 22.8. The van der Waals surface area contributed by atoms with Gasteiger partial charge in [0, 0.05) is 5.69 Å². The summed E-state index contributed by atoms with van der Waals surface area (Å²) in [5, 5.41) is 2.66. The molecule has 1 unspecified atom stereocenters. The van der Waals surface area contributed by atoms with E-state index in [9.17, 15) is 18.0 Å². The van der Waals surface area contributed by atoms with Gasteiger partial charge in [-0.3, -0.25) is 9.52 Å². The molecule has 166 valence electrons. The van der Waals surface area contributed by atoms with E-state index in [0.717, 1.165) is 6.26 Å². The van der Waals surface area contributed by atoms with E-state index < -0.39 is 28.0 Å². The van der Waals surface area contributed by atoms with Crippen molar-refractivity contribution in [1.29, 1.82) is 0 Å². The van der Waals surface area contributed by atoms with E-state index in [-0.39, 0.29) is 11.3 Å². The minimum Gasteiger partial charge on any atom is -0.457 e. The summed E-state index contributed by atoms with van der Waals surface area (Å²) < 4.78 is 36.2. The Bertz CT molecular complexity index is 1190. The number of anilines is 2. The van der Waals surface area contributed by atoms with Gasteiger partial charge >= 0.3 is 5.97 Å². The number of hydrogen-bond donors (Lipinski definition) is 2. The summed E-state index contributed by atoms with van der Waals surface area (Å²) in [6.07, 6.45) is -0.143. The van der Waals surface area contributed by atoms with Crippen LogP contribution in [0.4, 0.5) is 11.4 Å². The Labute approximate surface area is 186 Å². The summed E-state index contributed by atoms with van der Waals surface area (Å²) >= 11 is 0. The first-order chi connectivity index (χ1) is 15.2. The van der Waals surface area contributed by atoms with Crippen molar-refractivity contribution in [3.8, 4) is 11.5 Å². The van der Waals surface area contributed by atoms with Gasteiger partial charge in [-0.1, -0.05) is 30.3 Å². The Balaban J connectivity index is 1.60. The second kappa shape index (κ2) is 9.97. The van der Waals surface area contributed by atoms with Gasteiger partial charge in [0.15, 0.2) is 6.10 Å². The number of sulfonamides is 1. The number of rotatable bonds is 8. The van der Waals surface area contributed by atoms with Crippen LogP contribution in [0.25, 0.3) is 0 Å². The molecule has 1 atom stereocenters.